The van der Waals surface area contributed by atoms with Gasteiger partial charge in [0, 0.05) is 10.6 Å². The normalized spacial score (nSPS) is 12.2. The molecular formula is C18H18ClFN2O. The molecule has 0 aliphatic heterocycles. The minimum atomic E-state index is -0.379. The molecule has 2 rings (SSSR count). The van der Waals surface area contributed by atoms with Gasteiger partial charge >= 0.3 is 0 Å². The number of benzene rings is 1. The molecule has 1 aromatic carbocycles. The van der Waals surface area contributed by atoms with Gasteiger partial charge < -0.3 is 0 Å². The third kappa shape index (κ3) is 3.96. The fourth-order valence-electron chi connectivity index (χ4n) is 2.32. The van der Waals surface area contributed by atoms with Crippen molar-refractivity contribution in [2.75, 3.05) is 0 Å². The second-order valence-electron chi connectivity index (χ2n) is 5.41. The van der Waals surface area contributed by atoms with Gasteiger partial charge in [-0.2, -0.15) is 0 Å². The zero-order valence-electron chi connectivity index (χ0n) is 13.5. The molecule has 1 heterocycles. The van der Waals surface area contributed by atoms with Crippen LogP contribution in [0.2, 0.25) is 0 Å². The summed E-state index contributed by atoms with van der Waals surface area (Å²) >= 11 is 5.77. The van der Waals surface area contributed by atoms with E-state index in [-0.39, 0.29) is 11.4 Å². The smallest absolute Gasteiger partial charge is 0.261 e. The number of halogens is 2. The van der Waals surface area contributed by atoms with Crippen molar-refractivity contribution in [1.29, 1.82) is 0 Å². The van der Waals surface area contributed by atoms with E-state index in [1.807, 2.05) is 0 Å². The quantitative estimate of drug-likeness (QED) is 0.778. The van der Waals surface area contributed by atoms with Crippen molar-refractivity contribution in [3.63, 3.8) is 0 Å². The van der Waals surface area contributed by atoms with Gasteiger partial charge in [-0.25, -0.2) is 9.37 Å². The molecule has 3 nitrogen and oxygen atoms in total. The summed E-state index contributed by atoms with van der Waals surface area (Å²) in [6.07, 6.45) is 5.20. The Morgan fingerprint density at radius 1 is 1.26 bits per heavy atom. The minimum Gasteiger partial charge on any atom is -0.269 e. The molecule has 23 heavy (non-hydrogen) atoms. The monoisotopic (exact) mass is 332 g/mol. The van der Waals surface area contributed by atoms with E-state index in [1.165, 1.54) is 16.7 Å². The predicted octanol–water partition coefficient (Wildman–Crippen LogP) is 4.45. The van der Waals surface area contributed by atoms with Crippen LogP contribution < -0.4 is 5.56 Å². The average Bonchev–Trinajstić information content (AvgIpc) is 2.43. The topological polar surface area (TPSA) is 34.9 Å². The number of aromatic nitrogens is 2. The van der Waals surface area contributed by atoms with Crippen LogP contribution in [-0.2, 0) is 0 Å². The maximum absolute atomic E-state index is 13.6. The van der Waals surface area contributed by atoms with Gasteiger partial charge in [-0.05, 0) is 63.6 Å². The Kier molecular flexibility index (Phi) is 5.16. The SMILES string of the molecule is C/C(Cl)=C\C=C/c1nc(C)n(-c2cc(C)cc(F)c2)c(=O)c1C. The van der Waals surface area contributed by atoms with Crippen LogP contribution in [-0.4, -0.2) is 9.55 Å². The molecule has 0 spiro atoms. The van der Waals surface area contributed by atoms with Crippen molar-refractivity contribution in [2.24, 2.45) is 0 Å². The minimum absolute atomic E-state index is 0.214. The van der Waals surface area contributed by atoms with Crippen LogP contribution in [0.25, 0.3) is 11.8 Å². The first-order valence-corrected chi connectivity index (χ1v) is 7.55. The van der Waals surface area contributed by atoms with E-state index >= 15 is 0 Å². The summed E-state index contributed by atoms with van der Waals surface area (Å²) in [5.74, 6) is 0.118. The van der Waals surface area contributed by atoms with Crippen LogP contribution >= 0.6 is 11.6 Å². The van der Waals surface area contributed by atoms with E-state index in [1.54, 1.807) is 52.0 Å². The lowest BCUT2D eigenvalue weighted by molar-refractivity contribution is 0.624. The third-order valence-electron chi connectivity index (χ3n) is 3.38. The summed E-state index contributed by atoms with van der Waals surface area (Å²) in [5, 5.41) is 0.638. The Morgan fingerprint density at radius 3 is 2.57 bits per heavy atom. The van der Waals surface area contributed by atoms with E-state index in [9.17, 15) is 9.18 Å². The molecule has 0 aliphatic rings. The van der Waals surface area contributed by atoms with E-state index in [4.69, 9.17) is 11.6 Å². The van der Waals surface area contributed by atoms with E-state index < -0.39 is 0 Å². The Morgan fingerprint density at radius 2 is 1.96 bits per heavy atom. The maximum Gasteiger partial charge on any atom is 0.261 e. The molecule has 1 aromatic heterocycles. The van der Waals surface area contributed by atoms with Crippen LogP contribution in [0.3, 0.4) is 0 Å². The van der Waals surface area contributed by atoms with Gasteiger partial charge in [0.25, 0.3) is 5.56 Å². The Bertz CT molecular complexity index is 842. The number of aryl methyl sites for hydroxylation is 2. The van der Waals surface area contributed by atoms with Gasteiger partial charge in [0.15, 0.2) is 0 Å². The van der Waals surface area contributed by atoms with Gasteiger partial charge in [-0.3, -0.25) is 9.36 Å². The lowest BCUT2D eigenvalue weighted by atomic mass is 10.2. The molecule has 0 saturated heterocycles. The zero-order valence-corrected chi connectivity index (χ0v) is 14.3. The molecule has 2 aromatic rings. The van der Waals surface area contributed by atoms with Gasteiger partial charge in [0.1, 0.15) is 11.6 Å². The van der Waals surface area contributed by atoms with Crippen molar-refractivity contribution < 1.29 is 4.39 Å². The van der Waals surface area contributed by atoms with Crippen molar-refractivity contribution in [1.82, 2.24) is 9.55 Å². The summed E-state index contributed by atoms with van der Waals surface area (Å²) in [6, 6.07) is 4.51. The zero-order chi connectivity index (χ0) is 17.1. The molecule has 0 fully saturated rings. The fraction of sp³-hybridized carbons (Fsp3) is 0.222. The maximum atomic E-state index is 13.6. The first-order chi connectivity index (χ1) is 10.8. The molecule has 5 heteroatoms. The molecule has 0 radical (unpaired) electrons. The Hall–Kier alpha value is -2.20. The third-order valence-corrected chi connectivity index (χ3v) is 3.51. The highest BCUT2D eigenvalue weighted by atomic mass is 35.5. The van der Waals surface area contributed by atoms with E-state index in [2.05, 4.69) is 4.98 Å². The highest BCUT2D eigenvalue weighted by Crippen LogP contribution is 2.15. The molecule has 0 amide bonds. The second-order valence-corrected chi connectivity index (χ2v) is 6.01. The first-order valence-electron chi connectivity index (χ1n) is 7.18. The van der Waals surface area contributed by atoms with Crippen LogP contribution in [0.1, 0.15) is 29.6 Å². The van der Waals surface area contributed by atoms with Crippen LogP contribution in [0.15, 0.2) is 40.2 Å². The summed E-state index contributed by atoms with van der Waals surface area (Å²) < 4.78 is 15.1. The number of hydrogen-bond acceptors (Lipinski definition) is 2. The molecule has 0 saturated carbocycles. The van der Waals surface area contributed by atoms with Crippen molar-refractivity contribution >= 4 is 17.7 Å². The summed E-state index contributed by atoms with van der Waals surface area (Å²) in [6.45, 7) is 6.97. The Balaban J connectivity index is 2.60. The largest absolute Gasteiger partial charge is 0.269 e. The summed E-state index contributed by atoms with van der Waals surface area (Å²) in [4.78, 5) is 17.1. The number of nitrogens with zero attached hydrogens (tertiary/aromatic N) is 2. The number of hydrogen-bond donors (Lipinski definition) is 0. The van der Waals surface area contributed by atoms with E-state index in [0.29, 0.717) is 27.8 Å². The molecule has 0 unspecified atom stereocenters. The lowest BCUT2D eigenvalue weighted by Gasteiger charge is -2.13. The summed E-state index contributed by atoms with van der Waals surface area (Å²) in [5.41, 5.74) is 2.08. The molecule has 0 bridgehead atoms. The molecular weight excluding hydrogens is 315 g/mol. The van der Waals surface area contributed by atoms with Crippen LogP contribution in [0.5, 0.6) is 0 Å². The number of rotatable bonds is 3. The van der Waals surface area contributed by atoms with Crippen molar-refractivity contribution in [3.8, 4) is 5.69 Å². The van der Waals surface area contributed by atoms with Gasteiger partial charge in [-0.1, -0.05) is 17.7 Å². The number of allylic oxidation sites excluding steroid dienone is 3. The fourth-order valence-corrected chi connectivity index (χ4v) is 2.39. The average molecular weight is 333 g/mol. The highest BCUT2D eigenvalue weighted by molar-refractivity contribution is 6.29. The van der Waals surface area contributed by atoms with Gasteiger partial charge in [0.2, 0.25) is 0 Å². The predicted molar refractivity (Wildman–Crippen MR) is 92.6 cm³/mol. The lowest BCUT2D eigenvalue weighted by Crippen LogP contribution is -2.25. The summed E-state index contributed by atoms with van der Waals surface area (Å²) in [7, 11) is 0. The highest BCUT2D eigenvalue weighted by Gasteiger charge is 2.12. The molecule has 0 atom stereocenters. The van der Waals surface area contributed by atoms with Crippen LogP contribution in [0.4, 0.5) is 4.39 Å². The second kappa shape index (κ2) is 6.92. The van der Waals surface area contributed by atoms with Gasteiger partial charge in [-0.15, -0.1) is 0 Å². The Labute approximate surface area is 139 Å². The van der Waals surface area contributed by atoms with Gasteiger partial charge in [0.05, 0.1) is 11.4 Å². The standard InChI is InChI=1S/C18H18ClFN2O/c1-11-8-15(20)10-16(9-11)22-14(4)21-17(13(3)18(22)23)7-5-6-12(2)19/h5-10H,1-4H3/b7-5-,12-6+. The van der Waals surface area contributed by atoms with Crippen molar-refractivity contribution in [3.05, 3.63) is 74.2 Å². The molecule has 0 aliphatic carbocycles. The first kappa shape index (κ1) is 17.2. The van der Waals surface area contributed by atoms with E-state index in [0.717, 1.165) is 5.56 Å². The molecule has 0 N–H and O–H groups in total. The molecule has 120 valence electrons. The van der Waals surface area contributed by atoms with Crippen LogP contribution in [0, 0.1) is 26.6 Å². The van der Waals surface area contributed by atoms with Crippen molar-refractivity contribution in [2.45, 2.75) is 27.7 Å².